The molecule has 0 unspecified atom stereocenters. The largest absolute Gasteiger partial charge is 0.370 e. The lowest BCUT2D eigenvalue weighted by Crippen LogP contribution is -2.57. The lowest BCUT2D eigenvalue weighted by atomic mass is 9.68. The molecule has 100 valence electrons. The molecule has 0 bridgehead atoms. The molecule has 1 aromatic carbocycles. The van der Waals surface area contributed by atoms with Crippen LogP contribution in [0, 0.1) is 15.5 Å². The summed E-state index contributed by atoms with van der Waals surface area (Å²) in [6.07, 6.45) is 3.42. The average Bonchev–Trinajstić information content (AvgIpc) is 2.37. The molecule has 1 saturated heterocycles. The molecule has 3 rings (SSSR count). The maximum Gasteiger partial charge on any atom is 0.269 e. The van der Waals surface area contributed by atoms with Crippen molar-refractivity contribution in [2.24, 2.45) is 5.41 Å². The van der Waals surface area contributed by atoms with E-state index in [1.165, 1.54) is 0 Å². The molecule has 1 heterocycles. The van der Waals surface area contributed by atoms with E-state index >= 15 is 0 Å². The Kier molecular flexibility index (Phi) is 2.77. The molecule has 0 radical (unpaired) electrons. The standard InChI is InChI=1S/C14H16N2O3/c17-13-5-7-14(8-6-13)9-15(10-14)11-1-3-12(4-2-11)16(18)19/h1-4H,5-10H2. The monoisotopic (exact) mass is 260 g/mol. The molecule has 19 heavy (non-hydrogen) atoms. The van der Waals surface area contributed by atoms with Gasteiger partial charge in [-0.25, -0.2) is 0 Å². The van der Waals surface area contributed by atoms with Gasteiger partial charge in [0.1, 0.15) is 5.78 Å². The van der Waals surface area contributed by atoms with Gasteiger partial charge in [-0.1, -0.05) is 0 Å². The number of ketones is 1. The number of benzene rings is 1. The number of carbonyl (C=O) groups excluding carboxylic acids is 1. The van der Waals surface area contributed by atoms with Crippen LogP contribution < -0.4 is 4.90 Å². The van der Waals surface area contributed by atoms with Gasteiger partial charge in [-0.15, -0.1) is 0 Å². The van der Waals surface area contributed by atoms with Crippen LogP contribution in [0.15, 0.2) is 24.3 Å². The highest BCUT2D eigenvalue weighted by Crippen LogP contribution is 2.44. The normalized spacial score (nSPS) is 21.3. The van der Waals surface area contributed by atoms with Crippen LogP contribution in [0.25, 0.3) is 0 Å². The molecular weight excluding hydrogens is 244 g/mol. The number of nitrogens with zero attached hydrogens (tertiary/aromatic N) is 2. The molecular formula is C14H16N2O3. The molecule has 1 saturated carbocycles. The van der Waals surface area contributed by atoms with E-state index in [1.807, 2.05) is 0 Å². The number of rotatable bonds is 2. The number of non-ortho nitro benzene ring substituents is 1. The first kappa shape index (κ1) is 12.1. The second kappa shape index (κ2) is 4.33. The molecule has 1 aliphatic heterocycles. The fraction of sp³-hybridized carbons (Fsp3) is 0.500. The van der Waals surface area contributed by atoms with E-state index < -0.39 is 0 Å². The SMILES string of the molecule is O=C1CCC2(CC1)CN(c1ccc([N+](=O)[O-])cc1)C2. The quantitative estimate of drug-likeness (QED) is 0.605. The number of nitro benzene ring substituents is 1. The minimum atomic E-state index is -0.381. The highest BCUT2D eigenvalue weighted by molar-refractivity contribution is 5.79. The van der Waals surface area contributed by atoms with E-state index in [2.05, 4.69) is 4.90 Å². The van der Waals surface area contributed by atoms with Crippen molar-refractivity contribution >= 4 is 17.2 Å². The molecule has 5 nitrogen and oxygen atoms in total. The zero-order chi connectivity index (χ0) is 13.5. The first-order valence-electron chi connectivity index (χ1n) is 6.59. The van der Waals surface area contributed by atoms with Gasteiger partial charge in [0, 0.05) is 49.2 Å². The third-order valence-corrected chi connectivity index (χ3v) is 4.35. The zero-order valence-electron chi connectivity index (χ0n) is 10.7. The minimum absolute atomic E-state index is 0.127. The van der Waals surface area contributed by atoms with Gasteiger partial charge < -0.3 is 4.90 Å². The summed E-state index contributed by atoms with van der Waals surface area (Å²) in [5.41, 5.74) is 1.48. The van der Waals surface area contributed by atoms with Gasteiger partial charge in [0.2, 0.25) is 0 Å². The summed E-state index contributed by atoms with van der Waals surface area (Å²) in [4.78, 5) is 23.7. The van der Waals surface area contributed by atoms with E-state index in [1.54, 1.807) is 24.3 Å². The lowest BCUT2D eigenvalue weighted by Gasteiger charge is -2.53. The molecule has 0 amide bonds. The third-order valence-electron chi connectivity index (χ3n) is 4.35. The summed E-state index contributed by atoms with van der Waals surface area (Å²) in [5, 5.41) is 10.6. The highest BCUT2D eigenvalue weighted by atomic mass is 16.6. The number of nitro groups is 1. The van der Waals surface area contributed by atoms with Gasteiger partial charge in [-0.05, 0) is 25.0 Å². The molecule has 1 aliphatic carbocycles. The fourth-order valence-electron chi connectivity index (χ4n) is 3.11. The summed E-state index contributed by atoms with van der Waals surface area (Å²) in [6, 6.07) is 6.70. The second-order valence-electron chi connectivity index (χ2n) is 5.67. The number of hydrogen-bond acceptors (Lipinski definition) is 4. The summed E-state index contributed by atoms with van der Waals surface area (Å²) in [6.45, 7) is 1.94. The molecule has 0 atom stereocenters. The number of hydrogen-bond donors (Lipinski definition) is 0. The third kappa shape index (κ3) is 2.20. The van der Waals surface area contributed by atoms with Gasteiger partial charge in [-0.3, -0.25) is 14.9 Å². The Morgan fingerprint density at radius 3 is 2.21 bits per heavy atom. The van der Waals surface area contributed by atoms with Crippen LogP contribution in [0.1, 0.15) is 25.7 Å². The van der Waals surface area contributed by atoms with Crippen LogP contribution in [0.4, 0.5) is 11.4 Å². The van der Waals surface area contributed by atoms with Crippen molar-refractivity contribution < 1.29 is 9.72 Å². The Balaban J connectivity index is 1.64. The van der Waals surface area contributed by atoms with E-state index in [-0.39, 0.29) is 10.6 Å². The van der Waals surface area contributed by atoms with Gasteiger partial charge in [-0.2, -0.15) is 0 Å². The van der Waals surface area contributed by atoms with Gasteiger partial charge in [0.05, 0.1) is 4.92 Å². The number of anilines is 1. The van der Waals surface area contributed by atoms with Crippen molar-refractivity contribution in [1.82, 2.24) is 0 Å². The Hall–Kier alpha value is -1.91. The van der Waals surface area contributed by atoms with Crippen LogP contribution in [-0.2, 0) is 4.79 Å². The molecule has 5 heteroatoms. The minimum Gasteiger partial charge on any atom is -0.370 e. The van der Waals surface area contributed by atoms with E-state index in [9.17, 15) is 14.9 Å². The molecule has 2 fully saturated rings. The summed E-state index contributed by atoms with van der Waals surface area (Å²) in [7, 11) is 0. The van der Waals surface area contributed by atoms with Crippen molar-refractivity contribution in [3.63, 3.8) is 0 Å². The van der Waals surface area contributed by atoms with Crippen LogP contribution >= 0.6 is 0 Å². The van der Waals surface area contributed by atoms with Crippen LogP contribution in [0.3, 0.4) is 0 Å². The topological polar surface area (TPSA) is 63.5 Å². The van der Waals surface area contributed by atoms with E-state index in [4.69, 9.17) is 0 Å². The maximum atomic E-state index is 11.3. The molecule has 0 N–H and O–H groups in total. The van der Waals surface area contributed by atoms with E-state index in [0.29, 0.717) is 24.0 Å². The fourth-order valence-corrected chi connectivity index (χ4v) is 3.11. The molecule has 1 spiro atoms. The van der Waals surface area contributed by atoms with E-state index in [0.717, 1.165) is 31.6 Å². The lowest BCUT2D eigenvalue weighted by molar-refractivity contribution is -0.384. The number of carbonyl (C=O) groups is 1. The van der Waals surface area contributed by atoms with Crippen LogP contribution in [0.2, 0.25) is 0 Å². The van der Waals surface area contributed by atoms with Gasteiger partial charge in [0.25, 0.3) is 5.69 Å². The van der Waals surface area contributed by atoms with Crippen molar-refractivity contribution in [1.29, 1.82) is 0 Å². The van der Waals surface area contributed by atoms with Gasteiger partial charge in [0.15, 0.2) is 0 Å². The van der Waals surface area contributed by atoms with Crippen molar-refractivity contribution in [3.05, 3.63) is 34.4 Å². The predicted molar refractivity (Wildman–Crippen MR) is 71.2 cm³/mol. The molecule has 2 aliphatic rings. The first-order chi connectivity index (χ1) is 9.08. The summed E-state index contributed by atoms with van der Waals surface area (Å²) in [5.74, 6) is 0.388. The first-order valence-corrected chi connectivity index (χ1v) is 6.59. The summed E-state index contributed by atoms with van der Waals surface area (Å²) < 4.78 is 0. The molecule has 1 aromatic rings. The zero-order valence-corrected chi connectivity index (χ0v) is 10.7. The number of Topliss-reactive ketones (excluding diaryl/α,β-unsaturated/α-hetero) is 1. The van der Waals surface area contributed by atoms with Gasteiger partial charge >= 0.3 is 0 Å². The maximum absolute atomic E-state index is 11.3. The Bertz CT molecular complexity index is 506. The van der Waals surface area contributed by atoms with Crippen LogP contribution in [-0.4, -0.2) is 23.8 Å². The second-order valence-corrected chi connectivity index (χ2v) is 5.67. The summed E-state index contributed by atoms with van der Waals surface area (Å²) >= 11 is 0. The van der Waals surface area contributed by atoms with Crippen molar-refractivity contribution in [2.75, 3.05) is 18.0 Å². The Morgan fingerprint density at radius 2 is 1.68 bits per heavy atom. The predicted octanol–water partition coefficient (Wildman–Crippen LogP) is 2.54. The Morgan fingerprint density at radius 1 is 1.11 bits per heavy atom. The van der Waals surface area contributed by atoms with Crippen molar-refractivity contribution in [3.8, 4) is 0 Å². The van der Waals surface area contributed by atoms with Crippen LogP contribution in [0.5, 0.6) is 0 Å². The highest BCUT2D eigenvalue weighted by Gasteiger charge is 2.44. The smallest absolute Gasteiger partial charge is 0.269 e. The average molecular weight is 260 g/mol. The van der Waals surface area contributed by atoms with Crippen molar-refractivity contribution in [2.45, 2.75) is 25.7 Å². The Labute approximate surface area is 111 Å². The molecule has 0 aromatic heterocycles.